The van der Waals surface area contributed by atoms with E-state index in [1.54, 1.807) is 39.2 Å². The highest BCUT2D eigenvalue weighted by atomic mass is 32.2. The minimum absolute atomic E-state index is 0.486. The Balaban J connectivity index is 0.000000326. The van der Waals surface area contributed by atoms with Crippen molar-refractivity contribution in [1.82, 2.24) is 0 Å². The number of ether oxygens (including phenoxy) is 4. The maximum atomic E-state index is 11.6. The molecule has 4 rings (SSSR count). The molecular formula is C32H39N3O5S2. The van der Waals surface area contributed by atoms with E-state index in [1.165, 1.54) is 18.8 Å². The Labute approximate surface area is 256 Å². The third kappa shape index (κ3) is 10.5. The number of hydrogen-bond acceptors (Lipinski definition) is 10. The van der Waals surface area contributed by atoms with Crippen LogP contribution in [-0.2, 0) is 4.79 Å². The number of rotatable bonds is 11. The van der Waals surface area contributed by atoms with Crippen LogP contribution in [-0.4, -0.2) is 40.5 Å². The summed E-state index contributed by atoms with van der Waals surface area (Å²) in [4.78, 5) is 14.6. The van der Waals surface area contributed by atoms with Gasteiger partial charge in [-0.2, -0.15) is 0 Å². The van der Waals surface area contributed by atoms with Gasteiger partial charge in [-0.25, -0.2) is 0 Å². The molecule has 0 saturated heterocycles. The van der Waals surface area contributed by atoms with E-state index < -0.39 is 6.10 Å². The standard InChI is InChI=1S/C22H20O3S.C9H14N2O2S.CH5N/c1-16-6-8-19(9-7-16)25-22(15-23)17-4-3-5-21(14-17)26-20-12-10-18(24-2)11-13-20;1-12-7-3-6(11)9(14-5-10)4-8(7)13-2;1-2/h3-15,22H,1-2H3;3-4H,5,10-11H2,1-2H3;2H2,1H3. The molecular weight excluding hydrogens is 571 g/mol. The van der Waals surface area contributed by atoms with Crippen LogP contribution in [0, 0.1) is 6.92 Å². The van der Waals surface area contributed by atoms with Gasteiger partial charge in [-0.05, 0) is 68.6 Å². The van der Waals surface area contributed by atoms with Gasteiger partial charge in [0.15, 0.2) is 23.9 Å². The number of nitrogen functional groups attached to an aromatic ring is 1. The zero-order valence-corrected chi connectivity index (χ0v) is 26.2. The molecule has 8 nitrogen and oxygen atoms in total. The SMILES string of the molecule is CN.COc1cc(N)c(SCN)cc1OC.COc1ccc(Sc2cccc(C(C=O)Oc3ccc(C)cc3)c2)cc1. The zero-order chi connectivity index (χ0) is 30.9. The number of carbonyl (C=O) groups excluding carboxylic acids is 1. The molecule has 1 atom stereocenters. The molecule has 0 saturated carbocycles. The highest BCUT2D eigenvalue weighted by Gasteiger charge is 2.13. The molecule has 1 unspecified atom stereocenters. The lowest BCUT2D eigenvalue weighted by molar-refractivity contribution is -0.113. The second kappa shape index (κ2) is 18.6. The zero-order valence-electron chi connectivity index (χ0n) is 24.5. The minimum Gasteiger partial charge on any atom is -0.497 e. The van der Waals surface area contributed by atoms with Crippen molar-refractivity contribution in [1.29, 1.82) is 0 Å². The van der Waals surface area contributed by atoms with Crippen LogP contribution in [0.4, 0.5) is 5.69 Å². The van der Waals surface area contributed by atoms with Crippen LogP contribution in [0.1, 0.15) is 17.2 Å². The molecule has 0 radical (unpaired) electrons. The fourth-order valence-electron chi connectivity index (χ4n) is 3.56. The molecule has 0 aliphatic heterocycles. The quantitative estimate of drug-likeness (QED) is 0.0765. The first-order chi connectivity index (χ1) is 20.4. The van der Waals surface area contributed by atoms with Crippen molar-refractivity contribution < 1.29 is 23.7 Å². The van der Waals surface area contributed by atoms with Crippen molar-refractivity contribution in [3.63, 3.8) is 0 Å². The van der Waals surface area contributed by atoms with Crippen LogP contribution < -0.4 is 36.1 Å². The van der Waals surface area contributed by atoms with Crippen LogP contribution in [0.25, 0.3) is 0 Å². The lowest BCUT2D eigenvalue weighted by Crippen LogP contribution is -2.09. The van der Waals surface area contributed by atoms with E-state index in [0.29, 0.717) is 28.8 Å². The Morgan fingerprint density at radius 1 is 0.786 bits per heavy atom. The summed E-state index contributed by atoms with van der Waals surface area (Å²) >= 11 is 3.10. The fraction of sp³-hybridized carbons (Fsp3) is 0.219. The van der Waals surface area contributed by atoms with Crippen LogP contribution in [0.15, 0.2) is 99.6 Å². The van der Waals surface area contributed by atoms with Crippen LogP contribution in [0.5, 0.6) is 23.0 Å². The van der Waals surface area contributed by atoms with Gasteiger partial charge in [-0.15, -0.1) is 11.8 Å². The van der Waals surface area contributed by atoms with E-state index in [2.05, 4.69) is 5.73 Å². The molecule has 0 amide bonds. The average Bonchev–Trinajstić information content (AvgIpc) is 3.03. The summed E-state index contributed by atoms with van der Waals surface area (Å²) in [5.74, 6) is 3.29. The van der Waals surface area contributed by atoms with Crippen molar-refractivity contribution in [2.24, 2.45) is 11.5 Å². The number of benzene rings is 4. The smallest absolute Gasteiger partial charge is 0.179 e. The summed E-state index contributed by atoms with van der Waals surface area (Å²) in [7, 11) is 6.32. The molecule has 4 aromatic carbocycles. The maximum Gasteiger partial charge on any atom is 0.179 e. The van der Waals surface area contributed by atoms with Crippen molar-refractivity contribution in [3.05, 3.63) is 96.1 Å². The highest BCUT2D eigenvalue weighted by molar-refractivity contribution is 7.99. The fourth-order valence-corrected chi connectivity index (χ4v) is 5.05. The summed E-state index contributed by atoms with van der Waals surface area (Å²) in [6.07, 6.45) is 0.200. The molecule has 42 heavy (non-hydrogen) atoms. The van der Waals surface area contributed by atoms with E-state index in [4.69, 9.17) is 30.4 Å². The largest absolute Gasteiger partial charge is 0.497 e. The van der Waals surface area contributed by atoms with Crippen molar-refractivity contribution in [2.75, 3.05) is 40.0 Å². The molecule has 0 spiro atoms. The number of nitrogens with two attached hydrogens (primary N) is 3. The topological polar surface area (TPSA) is 132 Å². The number of aryl methyl sites for hydroxylation is 1. The van der Waals surface area contributed by atoms with E-state index in [1.807, 2.05) is 85.8 Å². The molecule has 0 fully saturated rings. The van der Waals surface area contributed by atoms with Gasteiger partial charge in [0.1, 0.15) is 11.5 Å². The van der Waals surface area contributed by atoms with Gasteiger partial charge in [0.2, 0.25) is 0 Å². The first-order valence-corrected chi connectivity index (χ1v) is 14.7. The average molecular weight is 610 g/mol. The lowest BCUT2D eigenvalue weighted by Gasteiger charge is -2.15. The number of carbonyl (C=O) groups is 1. The summed E-state index contributed by atoms with van der Waals surface area (Å²) in [5, 5.41) is 0. The number of anilines is 1. The maximum absolute atomic E-state index is 11.6. The first kappa shape index (κ1) is 34.4. The van der Waals surface area contributed by atoms with Crippen LogP contribution >= 0.6 is 23.5 Å². The molecule has 4 aromatic rings. The third-order valence-electron chi connectivity index (χ3n) is 5.64. The van der Waals surface area contributed by atoms with Crippen molar-refractivity contribution in [3.8, 4) is 23.0 Å². The first-order valence-electron chi connectivity index (χ1n) is 12.9. The van der Waals surface area contributed by atoms with Crippen molar-refractivity contribution in [2.45, 2.75) is 27.7 Å². The second-order valence-corrected chi connectivity index (χ2v) is 10.6. The van der Waals surface area contributed by atoms with Gasteiger partial charge in [0.05, 0.1) is 21.3 Å². The van der Waals surface area contributed by atoms with E-state index in [9.17, 15) is 4.79 Å². The second-order valence-electron chi connectivity index (χ2n) is 8.39. The van der Waals surface area contributed by atoms with Gasteiger partial charge < -0.3 is 36.1 Å². The van der Waals surface area contributed by atoms with Gasteiger partial charge in [-0.1, -0.05) is 41.6 Å². The van der Waals surface area contributed by atoms with Crippen LogP contribution in [0.2, 0.25) is 0 Å². The molecule has 0 aromatic heterocycles. The van der Waals surface area contributed by atoms with Crippen molar-refractivity contribution >= 4 is 35.5 Å². The third-order valence-corrected chi connectivity index (χ3v) is 7.47. The molecule has 6 N–H and O–H groups in total. The Morgan fingerprint density at radius 2 is 1.40 bits per heavy atom. The van der Waals surface area contributed by atoms with E-state index in [-0.39, 0.29) is 0 Å². The Morgan fingerprint density at radius 3 is 1.98 bits per heavy atom. The number of methoxy groups -OCH3 is 3. The number of aldehydes is 1. The van der Waals surface area contributed by atoms with Crippen LogP contribution in [0.3, 0.4) is 0 Å². The monoisotopic (exact) mass is 609 g/mol. The van der Waals surface area contributed by atoms with E-state index >= 15 is 0 Å². The Bertz CT molecular complexity index is 1370. The molecule has 10 heteroatoms. The van der Waals surface area contributed by atoms with Gasteiger partial charge >= 0.3 is 0 Å². The highest BCUT2D eigenvalue weighted by Crippen LogP contribution is 2.36. The minimum atomic E-state index is -0.630. The summed E-state index contributed by atoms with van der Waals surface area (Å²) < 4.78 is 21.3. The predicted molar refractivity (Wildman–Crippen MR) is 173 cm³/mol. The van der Waals surface area contributed by atoms with Gasteiger partial charge in [0, 0.05) is 37.9 Å². The molecule has 0 bridgehead atoms. The predicted octanol–water partition coefficient (Wildman–Crippen LogP) is 6.34. The van der Waals surface area contributed by atoms with Gasteiger partial charge in [0.25, 0.3) is 0 Å². The van der Waals surface area contributed by atoms with E-state index in [0.717, 1.165) is 37.8 Å². The molecule has 0 aliphatic carbocycles. The molecule has 0 aliphatic rings. The molecule has 224 valence electrons. The number of hydrogen-bond donors (Lipinski definition) is 3. The summed E-state index contributed by atoms with van der Waals surface area (Å²) in [6.45, 7) is 2.01. The number of thioether (sulfide) groups is 1. The van der Waals surface area contributed by atoms with Gasteiger partial charge in [-0.3, -0.25) is 4.79 Å². The summed E-state index contributed by atoms with van der Waals surface area (Å²) in [5.41, 5.74) is 18.4. The lowest BCUT2D eigenvalue weighted by atomic mass is 10.1. The molecule has 0 heterocycles. The normalized spacial score (nSPS) is 10.6. The Kier molecular flexibility index (Phi) is 15.2. The summed E-state index contributed by atoms with van der Waals surface area (Å²) in [6, 6.07) is 27.0. The Hall–Kier alpha value is -3.83.